The lowest BCUT2D eigenvalue weighted by Crippen LogP contribution is -2.22. The van der Waals surface area contributed by atoms with Crippen LogP contribution in [0.25, 0.3) is 0 Å². The summed E-state index contributed by atoms with van der Waals surface area (Å²) >= 11 is 0. The molecule has 1 aromatic rings. The van der Waals surface area contributed by atoms with Crippen LogP contribution in [0.2, 0.25) is 0 Å². The summed E-state index contributed by atoms with van der Waals surface area (Å²) in [6.07, 6.45) is 0.847. The van der Waals surface area contributed by atoms with Crippen molar-refractivity contribution in [3.63, 3.8) is 0 Å². The molecule has 4 nitrogen and oxygen atoms in total. The van der Waals surface area contributed by atoms with Gasteiger partial charge in [-0.15, -0.1) is 0 Å². The summed E-state index contributed by atoms with van der Waals surface area (Å²) in [4.78, 5) is 0. The quantitative estimate of drug-likeness (QED) is 0.638. The van der Waals surface area contributed by atoms with E-state index in [-0.39, 0.29) is 5.82 Å². The number of halogens is 1. The highest BCUT2D eigenvalue weighted by Crippen LogP contribution is 2.22. The third-order valence-electron chi connectivity index (χ3n) is 2.86. The van der Waals surface area contributed by atoms with Crippen molar-refractivity contribution in [1.29, 1.82) is 0 Å². The monoisotopic (exact) mass is 299 g/mol. The zero-order valence-corrected chi connectivity index (χ0v) is 13.2. The minimum absolute atomic E-state index is 0.311. The average molecular weight is 299 g/mol. The van der Waals surface area contributed by atoms with E-state index in [0.717, 1.165) is 12.0 Å². The molecule has 0 aromatic heterocycles. The number of rotatable bonds is 11. The Kier molecular flexibility index (Phi) is 8.98. The van der Waals surface area contributed by atoms with Crippen LogP contribution >= 0.6 is 0 Å². The van der Waals surface area contributed by atoms with Crippen molar-refractivity contribution < 1.29 is 18.6 Å². The lowest BCUT2D eigenvalue weighted by Gasteiger charge is -2.14. The van der Waals surface area contributed by atoms with Gasteiger partial charge in [-0.2, -0.15) is 0 Å². The second-order valence-electron chi connectivity index (χ2n) is 5.07. The van der Waals surface area contributed by atoms with Crippen LogP contribution in [-0.4, -0.2) is 39.6 Å². The van der Waals surface area contributed by atoms with E-state index in [0.29, 0.717) is 44.8 Å². The highest BCUT2D eigenvalue weighted by molar-refractivity contribution is 5.34. The largest absolute Gasteiger partial charge is 0.488 e. The van der Waals surface area contributed by atoms with Gasteiger partial charge in [0.2, 0.25) is 0 Å². The first-order valence-corrected chi connectivity index (χ1v) is 7.35. The average Bonchev–Trinajstić information content (AvgIpc) is 2.46. The molecule has 0 bridgehead atoms. The molecule has 0 saturated carbocycles. The minimum Gasteiger partial charge on any atom is -0.488 e. The Bertz CT molecular complexity index is 399. The number of benzene rings is 1. The predicted molar refractivity (Wildman–Crippen MR) is 81.2 cm³/mol. The summed E-state index contributed by atoms with van der Waals surface area (Å²) in [5.74, 6) is -0.0245. The fraction of sp³-hybridized carbons (Fsp3) is 0.625. The van der Waals surface area contributed by atoms with E-state index in [2.05, 4.69) is 5.32 Å². The van der Waals surface area contributed by atoms with Crippen molar-refractivity contribution in [2.45, 2.75) is 32.9 Å². The van der Waals surface area contributed by atoms with Gasteiger partial charge in [0, 0.05) is 38.5 Å². The minimum atomic E-state index is -0.336. The molecule has 0 aliphatic rings. The molecule has 0 amide bonds. The van der Waals surface area contributed by atoms with Crippen molar-refractivity contribution >= 4 is 0 Å². The van der Waals surface area contributed by atoms with Gasteiger partial charge in [-0.1, -0.05) is 26.0 Å². The van der Waals surface area contributed by atoms with Crippen LogP contribution in [0, 0.1) is 5.82 Å². The fourth-order valence-electron chi connectivity index (χ4n) is 1.78. The summed E-state index contributed by atoms with van der Waals surface area (Å²) < 4.78 is 29.7. The summed E-state index contributed by atoms with van der Waals surface area (Å²) in [5.41, 5.74) is 0.822. The predicted octanol–water partition coefficient (Wildman–Crippen LogP) is 2.76. The van der Waals surface area contributed by atoms with Gasteiger partial charge >= 0.3 is 0 Å². The molecule has 1 aromatic carbocycles. The standard InChI is InChI=1S/C16H26FNO3/c1-13(2)18-12-14-6-4-7-15(17)16(14)21-11-10-20-9-5-8-19-3/h4,6-7,13,18H,5,8-12H2,1-3H3. The summed E-state index contributed by atoms with van der Waals surface area (Å²) in [7, 11) is 1.66. The van der Waals surface area contributed by atoms with E-state index in [1.807, 2.05) is 19.9 Å². The van der Waals surface area contributed by atoms with Crippen molar-refractivity contribution in [3.8, 4) is 5.75 Å². The van der Waals surface area contributed by atoms with E-state index >= 15 is 0 Å². The first kappa shape index (κ1) is 17.9. The molecule has 0 fully saturated rings. The Hall–Kier alpha value is -1.17. The summed E-state index contributed by atoms with van der Waals surface area (Å²) in [5, 5.41) is 3.26. The normalized spacial score (nSPS) is 11.1. The van der Waals surface area contributed by atoms with Gasteiger partial charge in [0.25, 0.3) is 0 Å². The zero-order valence-electron chi connectivity index (χ0n) is 13.2. The highest BCUT2D eigenvalue weighted by atomic mass is 19.1. The van der Waals surface area contributed by atoms with Crippen LogP contribution in [0.5, 0.6) is 5.75 Å². The number of nitrogens with one attached hydrogen (secondary N) is 1. The number of hydrogen-bond acceptors (Lipinski definition) is 4. The van der Waals surface area contributed by atoms with Gasteiger partial charge in [0.15, 0.2) is 11.6 Å². The highest BCUT2D eigenvalue weighted by Gasteiger charge is 2.10. The first-order valence-electron chi connectivity index (χ1n) is 7.35. The molecule has 0 aliphatic heterocycles. The van der Waals surface area contributed by atoms with Crippen LogP contribution in [0.1, 0.15) is 25.8 Å². The third kappa shape index (κ3) is 7.41. The lowest BCUT2D eigenvalue weighted by atomic mass is 10.2. The Morgan fingerprint density at radius 2 is 1.95 bits per heavy atom. The first-order chi connectivity index (χ1) is 10.1. The second kappa shape index (κ2) is 10.5. The van der Waals surface area contributed by atoms with Crippen LogP contribution < -0.4 is 10.1 Å². The van der Waals surface area contributed by atoms with Crippen molar-refractivity contribution in [3.05, 3.63) is 29.6 Å². The Labute approximate surface area is 126 Å². The fourth-order valence-corrected chi connectivity index (χ4v) is 1.78. The molecule has 0 aliphatic carbocycles. The van der Waals surface area contributed by atoms with Gasteiger partial charge in [0.05, 0.1) is 6.61 Å². The molecule has 0 saturated heterocycles. The number of ether oxygens (including phenoxy) is 3. The molecule has 21 heavy (non-hydrogen) atoms. The molecular weight excluding hydrogens is 273 g/mol. The second-order valence-corrected chi connectivity index (χ2v) is 5.07. The lowest BCUT2D eigenvalue weighted by molar-refractivity contribution is 0.0794. The summed E-state index contributed by atoms with van der Waals surface area (Å²) in [6, 6.07) is 5.31. The molecule has 1 rings (SSSR count). The molecule has 0 unspecified atom stereocenters. The molecule has 120 valence electrons. The molecule has 0 radical (unpaired) electrons. The van der Waals surface area contributed by atoms with Gasteiger partial charge in [-0.3, -0.25) is 0 Å². The molecule has 0 spiro atoms. The van der Waals surface area contributed by atoms with Crippen LogP contribution in [0.15, 0.2) is 18.2 Å². The van der Waals surface area contributed by atoms with Crippen molar-refractivity contribution in [1.82, 2.24) is 5.32 Å². The maximum Gasteiger partial charge on any atom is 0.165 e. The molecular formula is C16H26FNO3. The number of methoxy groups -OCH3 is 1. The van der Waals surface area contributed by atoms with E-state index in [4.69, 9.17) is 14.2 Å². The zero-order chi connectivity index (χ0) is 15.5. The van der Waals surface area contributed by atoms with Gasteiger partial charge in [0.1, 0.15) is 6.61 Å². The smallest absolute Gasteiger partial charge is 0.165 e. The Balaban J connectivity index is 2.38. The van der Waals surface area contributed by atoms with E-state index in [1.54, 1.807) is 13.2 Å². The molecule has 0 heterocycles. The summed E-state index contributed by atoms with van der Waals surface area (Å²) in [6.45, 7) is 6.76. The Morgan fingerprint density at radius 1 is 1.14 bits per heavy atom. The van der Waals surface area contributed by atoms with Gasteiger partial charge < -0.3 is 19.5 Å². The number of para-hydroxylation sites is 1. The van der Waals surface area contributed by atoms with Crippen molar-refractivity contribution in [2.75, 3.05) is 33.5 Å². The van der Waals surface area contributed by atoms with Crippen molar-refractivity contribution in [2.24, 2.45) is 0 Å². The Morgan fingerprint density at radius 3 is 2.67 bits per heavy atom. The van der Waals surface area contributed by atoms with Gasteiger partial charge in [-0.25, -0.2) is 4.39 Å². The van der Waals surface area contributed by atoms with Crippen LogP contribution in [0.4, 0.5) is 4.39 Å². The third-order valence-corrected chi connectivity index (χ3v) is 2.86. The SMILES string of the molecule is COCCCOCCOc1c(F)cccc1CNC(C)C. The molecule has 5 heteroatoms. The molecule has 0 atom stereocenters. The van der Waals surface area contributed by atoms with E-state index in [9.17, 15) is 4.39 Å². The topological polar surface area (TPSA) is 39.7 Å². The van der Waals surface area contributed by atoms with Crippen LogP contribution in [-0.2, 0) is 16.0 Å². The molecule has 1 N–H and O–H groups in total. The van der Waals surface area contributed by atoms with E-state index in [1.165, 1.54) is 6.07 Å². The maximum absolute atomic E-state index is 13.8. The maximum atomic E-state index is 13.8. The number of hydrogen-bond donors (Lipinski definition) is 1. The van der Waals surface area contributed by atoms with E-state index < -0.39 is 0 Å². The van der Waals surface area contributed by atoms with Gasteiger partial charge in [-0.05, 0) is 12.5 Å². The van der Waals surface area contributed by atoms with Crippen LogP contribution in [0.3, 0.4) is 0 Å².